The van der Waals surface area contributed by atoms with E-state index in [9.17, 15) is 4.79 Å². The summed E-state index contributed by atoms with van der Waals surface area (Å²) in [4.78, 5) is 12.1. The summed E-state index contributed by atoms with van der Waals surface area (Å²) in [7, 11) is 0. The van der Waals surface area contributed by atoms with Crippen molar-refractivity contribution in [3.05, 3.63) is 11.1 Å². The maximum atomic E-state index is 12.1. The van der Waals surface area contributed by atoms with Crippen LogP contribution in [0.25, 0.3) is 0 Å². The number of amidine groups is 1. The highest BCUT2D eigenvalue weighted by Crippen LogP contribution is 2.27. The van der Waals surface area contributed by atoms with Gasteiger partial charge in [0.2, 0.25) is 0 Å². The molecule has 0 aliphatic heterocycles. The summed E-state index contributed by atoms with van der Waals surface area (Å²) in [6.07, 6.45) is 5.40. The van der Waals surface area contributed by atoms with Crippen LogP contribution >= 0.6 is 11.5 Å². The van der Waals surface area contributed by atoms with E-state index < -0.39 is 5.54 Å². The summed E-state index contributed by atoms with van der Waals surface area (Å²) in [6, 6.07) is 0. The third kappa shape index (κ3) is 3.01. The van der Waals surface area contributed by atoms with Crippen LogP contribution in [0, 0.1) is 0 Å². The largest absolute Gasteiger partial charge is 0.409 e. The Hall–Kier alpha value is -1.70. The van der Waals surface area contributed by atoms with Crippen LogP contribution in [-0.2, 0) is 0 Å². The molecule has 1 saturated carbocycles. The van der Waals surface area contributed by atoms with Gasteiger partial charge in [-0.2, -0.15) is 0 Å². The van der Waals surface area contributed by atoms with Gasteiger partial charge in [0, 0.05) is 5.38 Å². The van der Waals surface area contributed by atoms with E-state index in [2.05, 4.69) is 20.1 Å². The van der Waals surface area contributed by atoms with Gasteiger partial charge in [0.15, 0.2) is 11.5 Å². The maximum Gasteiger partial charge on any atom is 0.273 e. The first-order chi connectivity index (χ1) is 9.18. The zero-order valence-corrected chi connectivity index (χ0v) is 11.3. The van der Waals surface area contributed by atoms with Crippen molar-refractivity contribution >= 4 is 23.3 Å². The molecule has 0 bridgehead atoms. The quantitative estimate of drug-likeness (QED) is 0.253. The second-order valence-electron chi connectivity index (χ2n) is 4.73. The molecule has 2 rings (SSSR count). The van der Waals surface area contributed by atoms with Crippen molar-refractivity contribution in [2.24, 2.45) is 10.9 Å². The number of nitrogens with two attached hydrogens (primary N) is 1. The number of oxime groups is 1. The average Bonchev–Trinajstić information content (AvgIpc) is 2.86. The highest BCUT2D eigenvalue weighted by atomic mass is 32.1. The Morgan fingerprint density at radius 1 is 1.42 bits per heavy atom. The Balaban J connectivity index is 2.20. The van der Waals surface area contributed by atoms with Crippen LogP contribution in [-0.4, -0.2) is 32.1 Å². The molecule has 19 heavy (non-hydrogen) atoms. The fraction of sp³-hybridized carbons (Fsp3) is 0.636. The minimum Gasteiger partial charge on any atom is -0.409 e. The van der Waals surface area contributed by atoms with Crippen LogP contribution < -0.4 is 11.1 Å². The summed E-state index contributed by atoms with van der Waals surface area (Å²) in [6.45, 7) is 0. The van der Waals surface area contributed by atoms with Gasteiger partial charge < -0.3 is 16.3 Å². The van der Waals surface area contributed by atoms with E-state index in [0.29, 0.717) is 12.8 Å². The lowest BCUT2D eigenvalue weighted by Gasteiger charge is -2.32. The molecule has 0 atom stereocenters. The standard InChI is InChI=1S/C11H17N5O2S/c12-10(15-18)11(5-3-1-2-4-6-11)13-9(17)8-7-19-16-14-8/h7,18H,1-6H2,(H2,12,15)(H,13,17). The predicted octanol–water partition coefficient (Wildman–Crippen LogP) is 1.11. The maximum absolute atomic E-state index is 12.1. The number of carbonyl (C=O) groups is 1. The third-order valence-electron chi connectivity index (χ3n) is 3.50. The van der Waals surface area contributed by atoms with Crippen LogP contribution in [0.15, 0.2) is 10.5 Å². The SMILES string of the molecule is NC(=NO)C1(NC(=O)c2csnn2)CCCCCC1. The Morgan fingerprint density at radius 2 is 2.11 bits per heavy atom. The molecule has 104 valence electrons. The van der Waals surface area contributed by atoms with Crippen LogP contribution in [0.5, 0.6) is 0 Å². The highest BCUT2D eigenvalue weighted by molar-refractivity contribution is 7.03. The molecule has 0 saturated heterocycles. The van der Waals surface area contributed by atoms with Gasteiger partial charge in [-0.3, -0.25) is 4.79 Å². The Labute approximate surface area is 115 Å². The van der Waals surface area contributed by atoms with Gasteiger partial charge >= 0.3 is 0 Å². The second kappa shape index (κ2) is 5.96. The van der Waals surface area contributed by atoms with Crippen LogP contribution in [0.4, 0.5) is 0 Å². The number of carbonyl (C=O) groups excluding carboxylic acids is 1. The molecule has 1 fully saturated rings. The molecule has 4 N–H and O–H groups in total. The lowest BCUT2D eigenvalue weighted by Crippen LogP contribution is -2.57. The lowest BCUT2D eigenvalue weighted by molar-refractivity contribution is 0.0910. The first kappa shape index (κ1) is 13.7. The Morgan fingerprint density at radius 3 is 2.63 bits per heavy atom. The van der Waals surface area contributed by atoms with Gasteiger partial charge in [-0.05, 0) is 24.4 Å². The Kier molecular flexibility index (Phi) is 4.31. The monoisotopic (exact) mass is 283 g/mol. The van der Waals surface area contributed by atoms with E-state index in [1.807, 2.05) is 0 Å². The third-order valence-corrected chi connectivity index (χ3v) is 4.01. The molecule has 1 heterocycles. The van der Waals surface area contributed by atoms with Crippen molar-refractivity contribution in [2.45, 2.75) is 44.1 Å². The average molecular weight is 283 g/mol. The minimum atomic E-state index is -0.772. The molecule has 0 aromatic carbocycles. The number of nitrogens with zero attached hydrogens (tertiary/aromatic N) is 3. The summed E-state index contributed by atoms with van der Waals surface area (Å²) < 4.78 is 3.66. The molecule has 1 aromatic heterocycles. The van der Waals surface area contributed by atoms with Crippen molar-refractivity contribution in [1.82, 2.24) is 14.9 Å². The molecule has 0 spiro atoms. The molecule has 1 aliphatic rings. The molecule has 8 heteroatoms. The number of hydrogen-bond acceptors (Lipinski definition) is 6. The van der Waals surface area contributed by atoms with E-state index in [1.54, 1.807) is 5.38 Å². The highest BCUT2D eigenvalue weighted by Gasteiger charge is 2.37. The number of amides is 1. The topological polar surface area (TPSA) is 113 Å². The smallest absolute Gasteiger partial charge is 0.273 e. The van der Waals surface area contributed by atoms with E-state index >= 15 is 0 Å². The van der Waals surface area contributed by atoms with Crippen molar-refractivity contribution in [3.8, 4) is 0 Å². The number of nitrogens with one attached hydrogen (secondary N) is 1. The number of hydrogen-bond donors (Lipinski definition) is 3. The molecular formula is C11H17N5O2S. The normalized spacial score (nSPS) is 19.7. The molecule has 1 aromatic rings. The van der Waals surface area contributed by atoms with Crippen LogP contribution in [0.1, 0.15) is 49.0 Å². The fourth-order valence-electron chi connectivity index (χ4n) is 2.42. The zero-order valence-electron chi connectivity index (χ0n) is 10.5. The van der Waals surface area contributed by atoms with Gasteiger partial charge in [-0.25, -0.2) is 0 Å². The molecule has 0 radical (unpaired) electrons. The van der Waals surface area contributed by atoms with Crippen molar-refractivity contribution < 1.29 is 10.0 Å². The van der Waals surface area contributed by atoms with Gasteiger partial charge in [-0.15, -0.1) is 5.10 Å². The van der Waals surface area contributed by atoms with Gasteiger partial charge in [-0.1, -0.05) is 35.3 Å². The molecular weight excluding hydrogens is 266 g/mol. The van der Waals surface area contributed by atoms with E-state index in [4.69, 9.17) is 10.9 Å². The molecule has 0 unspecified atom stereocenters. The summed E-state index contributed by atoms with van der Waals surface area (Å²) in [5, 5.41) is 20.3. The lowest BCUT2D eigenvalue weighted by atomic mass is 9.88. The van der Waals surface area contributed by atoms with E-state index in [0.717, 1.165) is 37.2 Å². The first-order valence-corrected chi connectivity index (χ1v) is 7.09. The first-order valence-electron chi connectivity index (χ1n) is 6.25. The summed E-state index contributed by atoms with van der Waals surface area (Å²) >= 11 is 1.11. The van der Waals surface area contributed by atoms with Crippen molar-refractivity contribution in [1.29, 1.82) is 0 Å². The molecule has 1 amide bonds. The molecule has 1 aliphatic carbocycles. The van der Waals surface area contributed by atoms with Crippen LogP contribution in [0.2, 0.25) is 0 Å². The van der Waals surface area contributed by atoms with E-state index in [-0.39, 0.29) is 17.4 Å². The Bertz CT molecular complexity index is 452. The van der Waals surface area contributed by atoms with Crippen LogP contribution in [0.3, 0.4) is 0 Å². The van der Waals surface area contributed by atoms with Gasteiger partial charge in [0.1, 0.15) is 5.54 Å². The summed E-state index contributed by atoms with van der Waals surface area (Å²) in [5.74, 6) is -0.270. The predicted molar refractivity (Wildman–Crippen MR) is 71.2 cm³/mol. The van der Waals surface area contributed by atoms with E-state index in [1.165, 1.54) is 0 Å². The second-order valence-corrected chi connectivity index (χ2v) is 5.34. The summed E-state index contributed by atoms with van der Waals surface area (Å²) in [5.41, 5.74) is 5.30. The minimum absolute atomic E-state index is 0.0611. The number of aromatic nitrogens is 2. The van der Waals surface area contributed by atoms with Gasteiger partial charge in [0.05, 0.1) is 0 Å². The van der Waals surface area contributed by atoms with Gasteiger partial charge in [0.25, 0.3) is 5.91 Å². The molecule has 7 nitrogen and oxygen atoms in total. The van der Waals surface area contributed by atoms with Crippen molar-refractivity contribution in [3.63, 3.8) is 0 Å². The number of rotatable bonds is 3. The van der Waals surface area contributed by atoms with Crippen molar-refractivity contribution in [2.75, 3.05) is 0 Å². The fourth-order valence-corrected chi connectivity index (χ4v) is 2.85. The zero-order chi connectivity index (χ0) is 13.7.